The van der Waals surface area contributed by atoms with Crippen molar-refractivity contribution in [3.8, 4) is 5.75 Å². The van der Waals surface area contributed by atoms with E-state index in [1.165, 1.54) is 23.5 Å². The standard InChI is InChI=1S/C14H21FN2O3S.ClH/c1-20-14-5-4-12(9-13(14)15)21(18,19)17-8-2-3-11(10-17)6-7-16;/h4-5,9,11H,2-3,6-8,10,16H2,1H3;1H. The van der Waals surface area contributed by atoms with E-state index >= 15 is 0 Å². The topological polar surface area (TPSA) is 72.6 Å². The lowest BCUT2D eigenvalue weighted by molar-refractivity contribution is 0.258. The molecule has 0 spiro atoms. The van der Waals surface area contributed by atoms with Gasteiger partial charge in [-0.05, 0) is 49.9 Å². The summed E-state index contributed by atoms with van der Waals surface area (Å²) in [4.78, 5) is -0.0331. The normalized spacial score (nSPS) is 19.5. The summed E-state index contributed by atoms with van der Waals surface area (Å²) in [6, 6.07) is 3.73. The van der Waals surface area contributed by atoms with Gasteiger partial charge < -0.3 is 10.5 Å². The number of hydrogen-bond donors (Lipinski definition) is 1. The van der Waals surface area contributed by atoms with E-state index in [0.717, 1.165) is 25.3 Å². The first-order valence-corrected chi connectivity index (χ1v) is 8.46. The molecule has 1 aromatic carbocycles. The third kappa shape index (κ3) is 4.10. The van der Waals surface area contributed by atoms with Crippen molar-refractivity contribution in [1.82, 2.24) is 4.31 Å². The quantitative estimate of drug-likeness (QED) is 0.879. The van der Waals surface area contributed by atoms with Gasteiger partial charge in [0.15, 0.2) is 11.6 Å². The molecule has 2 N–H and O–H groups in total. The van der Waals surface area contributed by atoms with Crippen molar-refractivity contribution in [2.45, 2.75) is 24.2 Å². The molecule has 2 rings (SSSR count). The molecular formula is C14H22ClFN2O3S. The first-order chi connectivity index (χ1) is 9.98. The van der Waals surface area contributed by atoms with Crippen molar-refractivity contribution in [2.75, 3.05) is 26.7 Å². The Labute approximate surface area is 137 Å². The van der Waals surface area contributed by atoms with Crippen LogP contribution in [0.15, 0.2) is 23.1 Å². The summed E-state index contributed by atoms with van der Waals surface area (Å²) in [5, 5.41) is 0. The second kappa shape index (κ2) is 8.10. The molecule has 0 bridgehead atoms. The number of ether oxygens (including phenoxy) is 1. The predicted molar refractivity (Wildman–Crippen MR) is 85.4 cm³/mol. The van der Waals surface area contributed by atoms with Crippen molar-refractivity contribution in [3.63, 3.8) is 0 Å². The Morgan fingerprint density at radius 1 is 1.45 bits per heavy atom. The summed E-state index contributed by atoms with van der Waals surface area (Å²) in [7, 11) is -2.32. The fourth-order valence-electron chi connectivity index (χ4n) is 2.67. The zero-order valence-corrected chi connectivity index (χ0v) is 14.1. The zero-order valence-electron chi connectivity index (χ0n) is 12.5. The number of methoxy groups -OCH3 is 1. The Hall–Kier alpha value is -0.890. The van der Waals surface area contributed by atoms with Crippen molar-refractivity contribution >= 4 is 22.4 Å². The molecule has 0 radical (unpaired) electrons. The summed E-state index contributed by atoms with van der Waals surface area (Å²) in [5.74, 6) is -0.357. The fourth-order valence-corrected chi connectivity index (χ4v) is 4.24. The highest BCUT2D eigenvalue weighted by Crippen LogP contribution is 2.27. The highest BCUT2D eigenvalue weighted by Gasteiger charge is 2.30. The van der Waals surface area contributed by atoms with E-state index in [-0.39, 0.29) is 29.0 Å². The first-order valence-electron chi connectivity index (χ1n) is 7.02. The van der Waals surface area contributed by atoms with Crippen LogP contribution >= 0.6 is 12.4 Å². The number of rotatable bonds is 5. The van der Waals surface area contributed by atoms with Gasteiger partial charge in [0.1, 0.15) is 0 Å². The molecule has 1 heterocycles. The Kier molecular flexibility index (Phi) is 7.05. The zero-order chi connectivity index (χ0) is 15.5. The predicted octanol–water partition coefficient (Wildman–Crippen LogP) is 2.01. The Morgan fingerprint density at radius 2 is 2.18 bits per heavy atom. The van der Waals surface area contributed by atoms with Crippen LogP contribution in [0.25, 0.3) is 0 Å². The molecule has 1 aromatic rings. The molecule has 1 unspecified atom stereocenters. The van der Waals surface area contributed by atoms with E-state index in [4.69, 9.17) is 10.5 Å². The summed E-state index contributed by atoms with van der Waals surface area (Å²) in [6.45, 7) is 1.47. The molecule has 126 valence electrons. The second-order valence-corrected chi connectivity index (χ2v) is 7.18. The molecule has 0 aliphatic carbocycles. The van der Waals surface area contributed by atoms with Gasteiger partial charge in [0.2, 0.25) is 10.0 Å². The van der Waals surface area contributed by atoms with Gasteiger partial charge in [0.05, 0.1) is 12.0 Å². The minimum atomic E-state index is -3.66. The second-order valence-electron chi connectivity index (χ2n) is 5.25. The number of nitrogens with two attached hydrogens (primary N) is 1. The fraction of sp³-hybridized carbons (Fsp3) is 0.571. The minimum Gasteiger partial charge on any atom is -0.494 e. The van der Waals surface area contributed by atoms with E-state index in [1.807, 2.05) is 0 Å². The molecule has 1 fully saturated rings. The largest absolute Gasteiger partial charge is 0.494 e. The van der Waals surface area contributed by atoms with Crippen LogP contribution in [-0.4, -0.2) is 39.5 Å². The van der Waals surface area contributed by atoms with Gasteiger partial charge in [-0.25, -0.2) is 12.8 Å². The Bertz CT molecular complexity index is 596. The van der Waals surface area contributed by atoms with E-state index in [9.17, 15) is 12.8 Å². The lowest BCUT2D eigenvalue weighted by atomic mass is 9.96. The molecule has 5 nitrogen and oxygen atoms in total. The van der Waals surface area contributed by atoms with Crippen LogP contribution in [0.2, 0.25) is 0 Å². The summed E-state index contributed by atoms with van der Waals surface area (Å²) in [6.07, 6.45) is 2.60. The minimum absolute atomic E-state index is 0. The van der Waals surface area contributed by atoms with E-state index in [2.05, 4.69) is 0 Å². The van der Waals surface area contributed by atoms with Crippen LogP contribution < -0.4 is 10.5 Å². The molecule has 0 amide bonds. The first kappa shape index (κ1) is 19.2. The van der Waals surface area contributed by atoms with Crippen molar-refractivity contribution in [3.05, 3.63) is 24.0 Å². The van der Waals surface area contributed by atoms with Crippen LogP contribution in [0.4, 0.5) is 4.39 Å². The molecule has 1 atom stereocenters. The number of sulfonamides is 1. The van der Waals surface area contributed by atoms with Crippen LogP contribution in [0.1, 0.15) is 19.3 Å². The molecule has 0 saturated carbocycles. The number of benzene rings is 1. The number of piperidine rings is 1. The monoisotopic (exact) mass is 352 g/mol. The highest BCUT2D eigenvalue weighted by atomic mass is 35.5. The lowest BCUT2D eigenvalue weighted by Gasteiger charge is -2.31. The number of halogens is 2. The average Bonchev–Trinajstić information content (AvgIpc) is 2.48. The molecule has 1 saturated heterocycles. The molecule has 0 aromatic heterocycles. The molecular weight excluding hydrogens is 331 g/mol. The SMILES string of the molecule is COc1ccc(S(=O)(=O)N2CCCC(CCN)C2)cc1F.Cl. The van der Waals surface area contributed by atoms with Gasteiger partial charge in [0.25, 0.3) is 0 Å². The molecule has 1 aliphatic heterocycles. The summed E-state index contributed by atoms with van der Waals surface area (Å²) < 4.78 is 45.1. The van der Waals surface area contributed by atoms with Gasteiger partial charge in [0, 0.05) is 13.1 Å². The van der Waals surface area contributed by atoms with Gasteiger partial charge in [-0.1, -0.05) is 0 Å². The maximum absolute atomic E-state index is 13.7. The Balaban J connectivity index is 0.00000242. The molecule has 22 heavy (non-hydrogen) atoms. The third-order valence-corrected chi connectivity index (χ3v) is 5.68. The smallest absolute Gasteiger partial charge is 0.243 e. The third-order valence-electron chi connectivity index (χ3n) is 3.82. The molecule has 1 aliphatic rings. The summed E-state index contributed by atoms with van der Waals surface area (Å²) in [5.41, 5.74) is 5.55. The number of nitrogens with zero attached hydrogens (tertiary/aromatic N) is 1. The van der Waals surface area contributed by atoms with Crippen molar-refractivity contribution < 1.29 is 17.5 Å². The average molecular weight is 353 g/mol. The summed E-state index contributed by atoms with van der Waals surface area (Å²) >= 11 is 0. The highest BCUT2D eigenvalue weighted by molar-refractivity contribution is 7.89. The van der Waals surface area contributed by atoms with Gasteiger partial charge in [-0.15, -0.1) is 12.4 Å². The lowest BCUT2D eigenvalue weighted by Crippen LogP contribution is -2.40. The maximum Gasteiger partial charge on any atom is 0.243 e. The van der Waals surface area contributed by atoms with E-state index in [1.54, 1.807) is 0 Å². The van der Waals surface area contributed by atoms with Crippen molar-refractivity contribution in [1.29, 1.82) is 0 Å². The van der Waals surface area contributed by atoms with Crippen LogP contribution in [0.5, 0.6) is 5.75 Å². The maximum atomic E-state index is 13.7. The van der Waals surface area contributed by atoms with Gasteiger partial charge in [-0.3, -0.25) is 0 Å². The van der Waals surface area contributed by atoms with Gasteiger partial charge >= 0.3 is 0 Å². The molecule has 8 heteroatoms. The Morgan fingerprint density at radius 3 is 2.77 bits per heavy atom. The van der Waals surface area contributed by atoms with Gasteiger partial charge in [-0.2, -0.15) is 4.31 Å². The van der Waals surface area contributed by atoms with Crippen LogP contribution in [0.3, 0.4) is 0 Å². The van der Waals surface area contributed by atoms with Crippen LogP contribution in [-0.2, 0) is 10.0 Å². The van der Waals surface area contributed by atoms with E-state index < -0.39 is 15.8 Å². The van der Waals surface area contributed by atoms with Crippen LogP contribution in [0, 0.1) is 11.7 Å². The van der Waals surface area contributed by atoms with E-state index in [0.29, 0.717) is 19.6 Å². The number of hydrogen-bond acceptors (Lipinski definition) is 4. The van der Waals surface area contributed by atoms with Crippen molar-refractivity contribution in [2.24, 2.45) is 11.7 Å².